The van der Waals surface area contributed by atoms with Gasteiger partial charge in [-0.15, -0.1) is 0 Å². The minimum absolute atomic E-state index is 0.374. The van der Waals surface area contributed by atoms with Crippen molar-refractivity contribution in [2.24, 2.45) is 0 Å². The molecular weight excluding hydrogens is 362 g/mol. The van der Waals surface area contributed by atoms with E-state index in [1.807, 2.05) is 0 Å². The van der Waals surface area contributed by atoms with E-state index in [2.05, 4.69) is 77.1 Å². The quantitative estimate of drug-likeness (QED) is 0.671. The summed E-state index contributed by atoms with van der Waals surface area (Å²) in [6.07, 6.45) is 2.75. The lowest BCUT2D eigenvalue weighted by molar-refractivity contribution is 0.0678. The van der Waals surface area contributed by atoms with Crippen LogP contribution in [-0.2, 0) is 17.8 Å². The highest BCUT2D eigenvalue weighted by atomic mass is 79.9. The van der Waals surface area contributed by atoms with Crippen LogP contribution in [0.15, 0.2) is 46.9 Å². The van der Waals surface area contributed by atoms with Gasteiger partial charge in [-0.3, -0.25) is 4.90 Å². The van der Waals surface area contributed by atoms with Crippen LogP contribution in [0.3, 0.4) is 0 Å². The third-order valence-corrected chi connectivity index (χ3v) is 5.32. The topological polar surface area (TPSA) is 12.5 Å². The average molecular weight is 388 g/mol. The maximum atomic E-state index is 5.88. The van der Waals surface area contributed by atoms with Gasteiger partial charge in [0.1, 0.15) is 0 Å². The summed E-state index contributed by atoms with van der Waals surface area (Å²) in [6.45, 7) is 8.10. The number of rotatable bonds is 6. The molecule has 1 unspecified atom stereocenters. The van der Waals surface area contributed by atoms with E-state index in [1.165, 1.54) is 39.6 Å². The molecule has 0 spiro atoms. The second kappa shape index (κ2) is 8.28. The first-order valence-electron chi connectivity index (χ1n) is 8.75. The molecule has 3 rings (SSSR count). The van der Waals surface area contributed by atoms with Crippen molar-refractivity contribution in [1.82, 2.24) is 4.90 Å². The van der Waals surface area contributed by atoms with Gasteiger partial charge in [0, 0.05) is 30.7 Å². The van der Waals surface area contributed by atoms with E-state index in [4.69, 9.17) is 4.74 Å². The molecule has 0 saturated carbocycles. The number of ether oxygens (including phenoxy) is 1. The Bertz CT molecular complexity index is 679. The van der Waals surface area contributed by atoms with Crippen LogP contribution in [0, 0.1) is 13.8 Å². The minimum atomic E-state index is 0.374. The Morgan fingerprint density at radius 2 is 1.92 bits per heavy atom. The standard InChI is InChI=1S/C21H26BrNO/c1-16-5-3-6-18(11-16)13-23(15-20-7-4-10-24-20)14-19-9-8-17(2)12-21(19)22/h3,5-6,8-9,11-12,20H,4,7,10,13-15H2,1-2H3. The Balaban J connectivity index is 1.75. The molecule has 2 nitrogen and oxygen atoms in total. The lowest BCUT2D eigenvalue weighted by Crippen LogP contribution is -2.31. The molecular formula is C21H26BrNO. The van der Waals surface area contributed by atoms with Crippen molar-refractivity contribution in [2.75, 3.05) is 13.2 Å². The predicted molar refractivity (Wildman–Crippen MR) is 103 cm³/mol. The first-order valence-corrected chi connectivity index (χ1v) is 9.54. The zero-order valence-corrected chi connectivity index (χ0v) is 16.2. The first-order chi connectivity index (χ1) is 11.6. The van der Waals surface area contributed by atoms with Crippen molar-refractivity contribution >= 4 is 15.9 Å². The summed E-state index contributed by atoms with van der Waals surface area (Å²) < 4.78 is 7.08. The predicted octanol–water partition coefficient (Wildman–Crippen LogP) is 5.25. The average Bonchev–Trinajstić information content (AvgIpc) is 3.03. The second-order valence-electron chi connectivity index (χ2n) is 6.89. The lowest BCUT2D eigenvalue weighted by Gasteiger charge is -2.26. The summed E-state index contributed by atoms with van der Waals surface area (Å²) in [7, 11) is 0. The van der Waals surface area contributed by atoms with Crippen molar-refractivity contribution in [3.63, 3.8) is 0 Å². The Kier molecular flexibility index (Phi) is 6.09. The molecule has 0 aliphatic carbocycles. The third kappa shape index (κ3) is 4.92. The van der Waals surface area contributed by atoms with E-state index in [0.29, 0.717) is 6.10 Å². The van der Waals surface area contributed by atoms with Gasteiger partial charge in [0.2, 0.25) is 0 Å². The van der Waals surface area contributed by atoms with E-state index in [0.717, 1.165) is 26.2 Å². The van der Waals surface area contributed by atoms with Crippen LogP contribution in [0.1, 0.15) is 35.1 Å². The monoisotopic (exact) mass is 387 g/mol. The molecule has 3 heteroatoms. The highest BCUT2D eigenvalue weighted by Crippen LogP contribution is 2.23. The number of benzene rings is 2. The maximum absolute atomic E-state index is 5.88. The number of hydrogen-bond donors (Lipinski definition) is 0. The van der Waals surface area contributed by atoms with Crippen LogP contribution >= 0.6 is 15.9 Å². The van der Waals surface area contributed by atoms with E-state index < -0.39 is 0 Å². The molecule has 0 amide bonds. The Hall–Kier alpha value is -1.16. The lowest BCUT2D eigenvalue weighted by atomic mass is 10.1. The minimum Gasteiger partial charge on any atom is -0.377 e. The molecule has 0 N–H and O–H groups in total. The van der Waals surface area contributed by atoms with Gasteiger partial charge < -0.3 is 4.74 Å². The number of hydrogen-bond acceptors (Lipinski definition) is 2. The molecule has 1 heterocycles. The van der Waals surface area contributed by atoms with Crippen molar-refractivity contribution in [3.8, 4) is 0 Å². The van der Waals surface area contributed by atoms with Gasteiger partial charge in [0.05, 0.1) is 6.10 Å². The molecule has 1 aliphatic rings. The molecule has 2 aromatic carbocycles. The number of nitrogens with zero attached hydrogens (tertiary/aromatic N) is 1. The van der Waals surface area contributed by atoms with Gasteiger partial charge in [0.25, 0.3) is 0 Å². The molecule has 0 aromatic heterocycles. The van der Waals surface area contributed by atoms with Gasteiger partial charge in [-0.1, -0.05) is 57.9 Å². The van der Waals surface area contributed by atoms with Crippen LogP contribution < -0.4 is 0 Å². The fraction of sp³-hybridized carbons (Fsp3) is 0.429. The molecule has 2 aromatic rings. The Morgan fingerprint density at radius 1 is 1.08 bits per heavy atom. The fourth-order valence-electron chi connectivity index (χ4n) is 3.35. The van der Waals surface area contributed by atoms with Crippen molar-refractivity contribution in [2.45, 2.75) is 45.9 Å². The Morgan fingerprint density at radius 3 is 2.62 bits per heavy atom. The number of halogens is 1. The summed E-state index contributed by atoms with van der Waals surface area (Å²) in [5.41, 5.74) is 5.32. The summed E-state index contributed by atoms with van der Waals surface area (Å²) >= 11 is 3.73. The molecule has 1 aliphatic heterocycles. The maximum Gasteiger partial charge on any atom is 0.0703 e. The van der Waals surface area contributed by atoms with Gasteiger partial charge in [-0.05, 0) is 49.4 Å². The van der Waals surface area contributed by atoms with Crippen LogP contribution in [0.25, 0.3) is 0 Å². The molecule has 1 atom stereocenters. The van der Waals surface area contributed by atoms with Crippen molar-refractivity contribution in [1.29, 1.82) is 0 Å². The molecule has 1 saturated heterocycles. The zero-order valence-electron chi connectivity index (χ0n) is 14.6. The van der Waals surface area contributed by atoms with Gasteiger partial charge in [-0.2, -0.15) is 0 Å². The third-order valence-electron chi connectivity index (χ3n) is 4.58. The van der Waals surface area contributed by atoms with E-state index in [9.17, 15) is 0 Å². The van der Waals surface area contributed by atoms with Gasteiger partial charge >= 0.3 is 0 Å². The smallest absolute Gasteiger partial charge is 0.0703 e. The molecule has 24 heavy (non-hydrogen) atoms. The highest BCUT2D eigenvalue weighted by Gasteiger charge is 2.20. The van der Waals surface area contributed by atoms with Crippen molar-refractivity contribution < 1.29 is 4.74 Å². The summed E-state index contributed by atoms with van der Waals surface area (Å²) in [4.78, 5) is 2.51. The molecule has 0 radical (unpaired) electrons. The van der Waals surface area contributed by atoms with Crippen LogP contribution in [-0.4, -0.2) is 24.2 Å². The van der Waals surface area contributed by atoms with Crippen molar-refractivity contribution in [3.05, 3.63) is 69.2 Å². The van der Waals surface area contributed by atoms with E-state index in [1.54, 1.807) is 0 Å². The largest absolute Gasteiger partial charge is 0.377 e. The highest BCUT2D eigenvalue weighted by molar-refractivity contribution is 9.10. The Labute approximate surface area is 154 Å². The summed E-state index contributed by atoms with van der Waals surface area (Å²) in [5.74, 6) is 0. The molecule has 0 bridgehead atoms. The first kappa shape index (κ1) is 17.7. The van der Waals surface area contributed by atoms with Gasteiger partial charge in [-0.25, -0.2) is 0 Å². The fourth-order valence-corrected chi connectivity index (χ4v) is 3.97. The molecule has 1 fully saturated rings. The van der Waals surface area contributed by atoms with E-state index >= 15 is 0 Å². The number of aryl methyl sites for hydroxylation is 2. The summed E-state index contributed by atoms with van der Waals surface area (Å²) in [6, 6.07) is 15.4. The summed E-state index contributed by atoms with van der Waals surface area (Å²) in [5, 5.41) is 0. The zero-order chi connectivity index (χ0) is 16.9. The SMILES string of the molecule is Cc1cccc(CN(Cc2ccc(C)cc2Br)CC2CCCO2)c1. The van der Waals surface area contributed by atoms with Crippen LogP contribution in [0.5, 0.6) is 0 Å². The second-order valence-corrected chi connectivity index (χ2v) is 7.74. The normalized spacial score (nSPS) is 17.6. The van der Waals surface area contributed by atoms with Crippen LogP contribution in [0.2, 0.25) is 0 Å². The molecule has 128 valence electrons. The van der Waals surface area contributed by atoms with Gasteiger partial charge in [0.15, 0.2) is 0 Å². The van der Waals surface area contributed by atoms with Crippen LogP contribution in [0.4, 0.5) is 0 Å². The van der Waals surface area contributed by atoms with E-state index in [-0.39, 0.29) is 0 Å².